The minimum Gasteiger partial charge on any atom is -0.497 e. The van der Waals surface area contributed by atoms with Crippen molar-refractivity contribution < 1.29 is 14.6 Å². The highest BCUT2D eigenvalue weighted by atomic mass is 32.1. The number of aromatic nitrogens is 2. The monoisotopic (exact) mass is 278 g/mol. The zero-order valence-corrected chi connectivity index (χ0v) is 10.7. The van der Waals surface area contributed by atoms with Crippen LogP contribution in [0.1, 0.15) is 10.4 Å². The molecule has 0 unspecified atom stereocenters. The molecule has 0 atom stereocenters. The van der Waals surface area contributed by atoms with Gasteiger partial charge in [0.25, 0.3) is 5.56 Å². The first kappa shape index (κ1) is 13.0. The van der Waals surface area contributed by atoms with Crippen LogP contribution in [-0.2, 0) is 0 Å². The molecule has 2 N–H and O–H groups in total. The number of rotatable bonds is 3. The number of carbonyl (C=O) groups is 1. The number of carboxylic acids is 1. The third-order valence-corrected chi connectivity index (χ3v) is 2.82. The number of H-pyrrole nitrogens is 1. The first-order chi connectivity index (χ1) is 9.04. The van der Waals surface area contributed by atoms with Crippen molar-refractivity contribution in [1.82, 2.24) is 9.55 Å². The van der Waals surface area contributed by atoms with Gasteiger partial charge in [-0.1, -0.05) is 6.07 Å². The molecule has 0 aliphatic carbocycles. The lowest BCUT2D eigenvalue weighted by molar-refractivity contribution is 0.0694. The Morgan fingerprint density at radius 1 is 1.47 bits per heavy atom. The Morgan fingerprint density at radius 2 is 2.21 bits per heavy atom. The van der Waals surface area contributed by atoms with Gasteiger partial charge in [-0.05, 0) is 24.4 Å². The SMILES string of the molecule is COc1cccc(-n2c(=S)[nH]cc(C(=O)O)c2=O)c1. The third-order valence-electron chi connectivity index (χ3n) is 2.52. The molecule has 2 rings (SSSR count). The number of benzene rings is 1. The van der Waals surface area contributed by atoms with Gasteiger partial charge in [0.05, 0.1) is 12.8 Å². The Balaban J connectivity index is 2.74. The lowest BCUT2D eigenvalue weighted by Gasteiger charge is -2.08. The molecule has 0 amide bonds. The van der Waals surface area contributed by atoms with E-state index in [1.54, 1.807) is 24.3 Å². The molecule has 7 heteroatoms. The quantitative estimate of drug-likeness (QED) is 0.833. The molecule has 6 nitrogen and oxygen atoms in total. The summed E-state index contributed by atoms with van der Waals surface area (Å²) in [4.78, 5) is 25.6. The number of aromatic amines is 1. The molecule has 0 saturated carbocycles. The summed E-state index contributed by atoms with van der Waals surface area (Å²) >= 11 is 5.02. The van der Waals surface area contributed by atoms with E-state index in [1.165, 1.54) is 7.11 Å². The predicted molar refractivity (Wildman–Crippen MR) is 70.7 cm³/mol. The maximum atomic E-state index is 12.1. The van der Waals surface area contributed by atoms with Crippen LogP contribution in [0.25, 0.3) is 5.69 Å². The predicted octanol–water partition coefficient (Wildman–Crippen LogP) is 1.60. The van der Waals surface area contributed by atoms with E-state index in [0.29, 0.717) is 11.4 Å². The molecule has 2 aromatic rings. The number of nitrogens with zero attached hydrogens (tertiary/aromatic N) is 1. The molecular weight excluding hydrogens is 268 g/mol. The second-order valence-electron chi connectivity index (χ2n) is 3.65. The Bertz CT molecular complexity index is 748. The number of methoxy groups -OCH3 is 1. The molecule has 0 saturated heterocycles. The van der Waals surface area contributed by atoms with Crippen LogP contribution in [0.2, 0.25) is 0 Å². The van der Waals surface area contributed by atoms with Gasteiger partial charge in [-0.15, -0.1) is 0 Å². The number of carboxylic acid groups (broad SMARTS) is 1. The summed E-state index contributed by atoms with van der Waals surface area (Å²) in [6, 6.07) is 6.63. The van der Waals surface area contributed by atoms with Gasteiger partial charge in [-0.2, -0.15) is 0 Å². The normalized spacial score (nSPS) is 10.2. The molecule has 0 spiro atoms. The highest BCUT2D eigenvalue weighted by Gasteiger charge is 2.13. The van der Waals surface area contributed by atoms with E-state index in [1.807, 2.05) is 0 Å². The first-order valence-electron chi connectivity index (χ1n) is 5.27. The summed E-state index contributed by atoms with van der Waals surface area (Å²) in [6.07, 6.45) is 1.09. The summed E-state index contributed by atoms with van der Waals surface area (Å²) in [5.74, 6) is -0.771. The summed E-state index contributed by atoms with van der Waals surface area (Å²) in [7, 11) is 1.50. The van der Waals surface area contributed by atoms with E-state index in [0.717, 1.165) is 10.8 Å². The fourth-order valence-electron chi connectivity index (χ4n) is 1.61. The van der Waals surface area contributed by atoms with Crippen molar-refractivity contribution >= 4 is 18.2 Å². The van der Waals surface area contributed by atoms with Crippen molar-refractivity contribution in [3.05, 3.63) is 51.2 Å². The van der Waals surface area contributed by atoms with E-state index >= 15 is 0 Å². The highest BCUT2D eigenvalue weighted by molar-refractivity contribution is 7.71. The highest BCUT2D eigenvalue weighted by Crippen LogP contribution is 2.15. The van der Waals surface area contributed by atoms with Gasteiger partial charge in [0.2, 0.25) is 0 Å². The molecule has 0 aliphatic heterocycles. The van der Waals surface area contributed by atoms with E-state index in [4.69, 9.17) is 22.1 Å². The van der Waals surface area contributed by atoms with E-state index in [-0.39, 0.29) is 10.3 Å². The average molecular weight is 278 g/mol. The second-order valence-corrected chi connectivity index (χ2v) is 4.04. The summed E-state index contributed by atoms with van der Waals surface area (Å²) in [6.45, 7) is 0. The summed E-state index contributed by atoms with van der Waals surface area (Å²) in [5.41, 5.74) is -0.630. The van der Waals surface area contributed by atoms with Gasteiger partial charge < -0.3 is 14.8 Å². The molecular formula is C12H10N2O4S. The maximum Gasteiger partial charge on any atom is 0.342 e. The van der Waals surface area contributed by atoms with Crippen LogP contribution < -0.4 is 10.3 Å². The van der Waals surface area contributed by atoms with Crippen molar-refractivity contribution in [1.29, 1.82) is 0 Å². The average Bonchev–Trinajstić information content (AvgIpc) is 2.38. The molecule has 0 aliphatic rings. The minimum absolute atomic E-state index is 0.114. The van der Waals surface area contributed by atoms with Crippen LogP contribution in [0, 0.1) is 4.77 Å². The molecule has 0 radical (unpaired) electrons. The Kier molecular flexibility index (Phi) is 3.48. The third kappa shape index (κ3) is 2.41. The van der Waals surface area contributed by atoms with Crippen LogP contribution in [0.15, 0.2) is 35.3 Å². The largest absolute Gasteiger partial charge is 0.497 e. The number of aromatic carboxylic acids is 1. The molecule has 1 aromatic carbocycles. The standard InChI is InChI=1S/C12H10N2O4S/c1-18-8-4-2-3-7(5-8)14-10(15)9(11(16)17)6-13-12(14)19/h2-6H,1H3,(H,13,19)(H,16,17). The number of hydrogen-bond acceptors (Lipinski definition) is 4. The zero-order chi connectivity index (χ0) is 14.0. The van der Waals surface area contributed by atoms with Crippen molar-refractivity contribution in [2.75, 3.05) is 7.11 Å². The first-order valence-corrected chi connectivity index (χ1v) is 5.68. The Morgan fingerprint density at radius 3 is 2.84 bits per heavy atom. The fourth-order valence-corrected chi connectivity index (χ4v) is 1.86. The van der Waals surface area contributed by atoms with Gasteiger partial charge in [-0.3, -0.25) is 9.36 Å². The van der Waals surface area contributed by atoms with Crippen molar-refractivity contribution in [2.45, 2.75) is 0 Å². The number of nitrogens with one attached hydrogen (secondary N) is 1. The van der Waals surface area contributed by atoms with Crippen molar-refractivity contribution in [3.63, 3.8) is 0 Å². The minimum atomic E-state index is -1.31. The van der Waals surface area contributed by atoms with E-state index in [2.05, 4.69) is 4.98 Å². The molecule has 1 heterocycles. The molecule has 0 bridgehead atoms. The maximum absolute atomic E-state index is 12.1. The van der Waals surface area contributed by atoms with E-state index in [9.17, 15) is 9.59 Å². The van der Waals surface area contributed by atoms with Crippen LogP contribution in [0.3, 0.4) is 0 Å². The molecule has 0 fully saturated rings. The van der Waals surface area contributed by atoms with E-state index < -0.39 is 11.5 Å². The smallest absolute Gasteiger partial charge is 0.342 e. The molecule has 19 heavy (non-hydrogen) atoms. The van der Waals surface area contributed by atoms with Gasteiger partial charge in [0.15, 0.2) is 4.77 Å². The Labute approximate surface area is 112 Å². The molecule has 1 aromatic heterocycles. The lowest BCUT2D eigenvalue weighted by Crippen LogP contribution is -2.26. The van der Waals surface area contributed by atoms with Crippen LogP contribution >= 0.6 is 12.2 Å². The topological polar surface area (TPSA) is 84.3 Å². The lowest BCUT2D eigenvalue weighted by atomic mass is 10.3. The van der Waals surface area contributed by atoms with Gasteiger partial charge in [0, 0.05) is 12.3 Å². The number of hydrogen-bond donors (Lipinski definition) is 2. The van der Waals surface area contributed by atoms with Crippen LogP contribution in [-0.4, -0.2) is 27.7 Å². The van der Waals surface area contributed by atoms with Crippen molar-refractivity contribution in [3.8, 4) is 11.4 Å². The number of ether oxygens (including phenoxy) is 1. The zero-order valence-electron chi connectivity index (χ0n) is 9.91. The summed E-state index contributed by atoms with van der Waals surface area (Å²) in [5, 5.41) is 8.94. The van der Waals surface area contributed by atoms with Crippen LogP contribution in [0.4, 0.5) is 0 Å². The summed E-state index contributed by atoms with van der Waals surface area (Å²) < 4.78 is 6.28. The van der Waals surface area contributed by atoms with Gasteiger partial charge in [-0.25, -0.2) is 4.79 Å². The van der Waals surface area contributed by atoms with Crippen molar-refractivity contribution in [2.24, 2.45) is 0 Å². The second kappa shape index (κ2) is 5.07. The van der Waals surface area contributed by atoms with Crippen LogP contribution in [0.5, 0.6) is 5.75 Å². The van der Waals surface area contributed by atoms with Gasteiger partial charge >= 0.3 is 5.97 Å². The Hall–Kier alpha value is -2.41. The fraction of sp³-hybridized carbons (Fsp3) is 0.0833. The molecule has 98 valence electrons. The van der Waals surface area contributed by atoms with Gasteiger partial charge in [0.1, 0.15) is 11.3 Å².